The number of aliphatic hydroxyl groups excluding tert-OH is 1. The quantitative estimate of drug-likeness (QED) is 0.780. The highest BCUT2D eigenvalue weighted by molar-refractivity contribution is 5.85. The number of carbonyl (C=O) groups is 1. The molecular weight excluding hydrogens is 352 g/mol. The molecule has 0 aromatic carbocycles. The summed E-state index contributed by atoms with van der Waals surface area (Å²) in [5, 5.41) is 10.3. The number of carbonyl (C=O) groups excluding carboxylic acids is 1. The Bertz CT molecular complexity index is 493. The van der Waals surface area contributed by atoms with E-state index < -0.39 is 0 Å². The first kappa shape index (κ1) is 20.4. The van der Waals surface area contributed by atoms with Crippen LogP contribution in [0.3, 0.4) is 0 Å². The van der Waals surface area contributed by atoms with Crippen LogP contribution in [0.5, 0.6) is 0 Å². The molecule has 1 spiro atoms. The SMILES string of the molecule is CCOC1CC(O)C12CCN(C(=O)C1CC3CCCC(C1)C3N)CC2.Cl. The highest BCUT2D eigenvalue weighted by Gasteiger charge is 2.56. The molecule has 3 saturated carbocycles. The Labute approximate surface area is 163 Å². The van der Waals surface area contributed by atoms with Crippen molar-refractivity contribution >= 4 is 18.3 Å². The van der Waals surface area contributed by atoms with Gasteiger partial charge in [0, 0.05) is 43.5 Å². The van der Waals surface area contributed by atoms with Crippen molar-refractivity contribution in [1.82, 2.24) is 4.90 Å². The van der Waals surface area contributed by atoms with E-state index in [0.29, 0.717) is 30.4 Å². The number of rotatable bonds is 3. The summed E-state index contributed by atoms with van der Waals surface area (Å²) in [6.07, 6.45) is 8.10. The molecule has 3 N–H and O–H groups in total. The topological polar surface area (TPSA) is 75.8 Å². The second kappa shape index (κ2) is 7.94. The number of likely N-dealkylation sites (tertiary alicyclic amines) is 1. The van der Waals surface area contributed by atoms with Gasteiger partial charge in [-0.25, -0.2) is 0 Å². The fourth-order valence-corrected chi connectivity index (χ4v) is 6.21. The molecule has 4 unspecified atom stereocenters. The van der Waals surface area contributed by atoms with E-state index in [0.717, 1.165) is 45.2 Å². The van der Waals surface area contributed by atoms with E-state index in [9.17, 15) is 9.90 Å². The van der Waals surface area contributed by atoms with Gasteiger partial charge >= 0.3 is 0 Å². The lowest BCUT2D eigenvalue weighted by Gasteiger charge is -2.57. The van der Waals surface area contributed by atoms with Gasteiger partial charge in [0.25, 0.3) is 0 Å². The van der Waals surface area contributed by atoms with Gasteiger partial charge in [0.1, 0.15) is 0 Å². The van der Waals surface area contributed by atoms with Crippen molar-refractivity contribution in [2.45, 2.75) is 76.5 Å². The molecule has 5 nitrogen and oxygen atoms in total. The van der Waals surface area contributed by atoms with E-state index in [1.165, 1.54) is 19.3 Å². The Hall–Kier alpha value is -0.360. The second-order valence-corrected chi connectivity index (χ2v) is 8.95. The zero-order valence-electron chi connectivity index (χ0n) is 15.9. The molecule has 6 heteroatoms. The van der Waals surface area contributed by atoms with Crippen molar-refractivity contribution in [3.05, 3.63) is 0 Å². The Morgan fingerprint density at radius 2 is 1.81 bits per heavy atom. The van der Waals surface area contributed by atoms with Crippen molar-refractivity contribution in [3.8, 4) is 0 Å². The Kier molecular flexibility index (Phi) is 6.22. The van der Waals surface area contributed by atoms with Crippen LogP contribution in [0.1, 0.15) is 58.3 Å². The average Bonchev–Trinajstić information content (AvgIpc) is 2.61. The van der Waals surface area contributed by atoms with Crippen LogP contribution in [0.25, 0.3) is 0 Å². The molecule has 0 aromatic rings. The Balaban J connectivity index is 0.00000196. The average molecular weight is 387 g/mol. The summed E-state index contributed by atoms with van der Waals surface area (Å²) >= 11 is 0. The number of nitrogens with zero attached hydrogens (tertiary/aromatic N) is 1. The summed E-state index contributed by atoms with van der Waals surface area (Å²) in [6.45, 7) is 4.27. The normalized spacial score (nSPS) is 41.3. The van der Waals surface area contributed by atoms with E-state index in [4.69, 9.17) is 10.5 Å². The van der Waals surface area contributed by atoms with Gasteiger partial charge in [-0.15, -0.1) is 12.4 Å². The number of aliphatic hydroxyl groups is 1. The first-order valence-corrected chi connectivity index (χ1v) is 10.4. The number of halogens is 1. The Morgan fingerprint density at radius 3 is 2.35 bits per heavy atom. The predicted molar refractivity (Wildman–Crippen MR) is 103 cm³/mol. The van der Waals surface area contributed by atoms with Gasteiger partial charge < -0.3 is 20.5 Å². The third-order valence-electron chi connectivity index (χ3n) is 7.88. The highest BCUT2D eigenvalue weighted by Crippen LogP contribution is 2.51. The maximum absolute atomic E-state index is 13.1. The smallest absolute Gasteiger partial charge is 0.225 e. The molecule has 4 fully saturated rings. The minimum absolute atomic E-state index is 0. The number of fused-ring (bicyclic) bond motifs is 2. The molecule has 150 valence electrons. The van der Waals surface area contributed by atoms with Gasteiger partial charge in [-0.2, -0.15) is 0 Å². The van der Waals surface area contributed by atoms with Crippen molar-refractivity contribution in [3.63, 3.8) is 0 Å². The molecule has 4 atom stereocenters. The minimum atomic E-state index is -0.256. The first-order valence-electron chi connectivity index (χ1n) is 10.4. The lowest BCUT2D eigenvalue weighted by Crippen LogP contribution is -2.63. The molecule has 4 aliphatic rings. The summed E-state index contributed by atoms with van der Waals surface area (Å²) in [7, 11) is 0. The maximum Gasteiger partial charge on any atom is 0.225 e. The van der Waals surface area contributed by atoms with Gasteiger partial charge in [-0.1, -0.05) is 6.42 Å². The molecule has 0 aromatic heterocycles. The third kappa shape index (κ3) is 3.30. The predicted octanol–water partition coefficient (Wildman–Crippen LogP) is 2.34. The molecule has 0 radical (unpaired) electrons. The molecule has 2 bridgehead atoms. The lowest BCUT2D eigenvalue weighted by molar-refractivity contribution is -0.210. The number of hydrogen-bond donors (Lipinski definition) is 2. The van der Waals surface area contributed by atoms with E-state index in [2.05, 4.69) is 4.90 Å². The molecule has 26 heavy (non-hydrogen) atoms. The lowest BCUT2D eigenvalue weighted by atomic mass is 9.58. The van der Waals surface area contributed by atoms with Crippen LogP contribution in [-0.2, 0) is 9.53 Å². The van der Waals surface area contributed by atoms with Crippen molar-refractivity contribution < 1.29 is 14.6 Å². The molecule has 3 aliphatic carbocycles. The second-order valence-electron chi connectivity index (χ2n) is 8.95. The van der Waals surface area contributed by atoms with Crippen LogP contribution in [0.2, 0.25) is 0 Å². The van der Waals surface area contributed by atoms with Gasteiger partial charge in [0.15, 0.2) is 0 Å². The van der Waals surface area contributed by atoms with Gasteiger partial charge in [-0.3, -0.25) is 4.79 Å². The van der Waals surface area contributed by atoms with Crippen LogP contribution in [-0.4, -0.2) is 53.9 Å². The zero-order valence-corrected chi connectivity index (χ0v) is 16.8. The summed E-state index contributed by atoms with van der Waals surface area (Å²) < 4.78 is 5.84. The van der Waals surface area contributed by atoms with E-state index in [1.54, 1.807) is 0 Å². The third-order valence-corrected chi connectivity index (χ3v) is 7.88. The van der Waals surface area contributed by atoms with Gasteiger partial charge in [-0.05, 0) is 57.3 Å². The van der Waals surface area contributed by atoms with Gasteiger partial charge in [0.05, 0.1) is 12.2 Å². The molecule has 1 heterocycles. The maximum atomic E-state index is 13.1. The van der Waals surface area contributed by atoms with Crippen molar-refractivity contribution in [1.29, 1.82) is 0 Å². The van der Waals surface area contributed by atoms with Crippen LogP contribution < -0.4 is 5.73 Å². The molecule has 1 amide bonds. The molecule has 4 rings (SSSR count). The van der Waals surface area contributed by atoms with E-state index in [-0.39, 0.29) is 35.9 Å². The van der Waals surface area contributed by atoms with E-state index >= 15 is 0 Å². The summed E-state index contributed by atoms with van der Waals surface area (Å²) in [6, 6.07) is 0.319. The largest absolute Gasteiger partial charge is 0.392 e. The molecule has 1 aliphatic heterocycles. The van der Waals surface area contributed by atoms with Crippen LogP contribution >= 0.6 is 12.4 Å². The number of hydrogen-bond acceptors (Lipinski definition) is 4. The van der Waals surface area contributed by atoms with Crippen molar-refractivity contribution in [2.75, 3.05) is 19.7 Å². The highest BCUT2D eigenvalue weighted by atomic mass is 35.5. The van der Waals surface area contributed by atoms with Gasteiger partial charge in [0.2, 0.25) is 5.91 Å². The number of ether oxygens (including phenoxy) is 1. The molecular formula is C20H35ClN2O3. The van der Waals surface area contributed by atoms with Crippen LogP contribution in [0.4, 0.5) is 0 Å². The number of nitrogens with two attached hydrogens (primary N) is 1. The zero-order chi connectivity index (χ0) is 17.6. The van der Waals surface area contributed by atoms with Crippen LogP contribution in [0, 0.1) is 23.2 Å². The molecule has 1 saturated heterocycles. The first-order chi connectivity index (χ1) is 12.0. The Morgan fingerprint density at radius 1 is 1.19 bits per heavy atom. The number of amides is 1. The summed E-state index contributed by atoms with van der Waals surface area (Å²) in [4.78, 5) is 15.2. The van der Waals surface area contributed by atoms with Crippen molar-refractivity contribution in [2.24, 2.45) is 28.9 Å². The monoisotopic (exact) mass is 386 g/mol. The summed E-state index contributed by atoms with van der Waals surface area (Å²) in [5.74, 6) is 1.63. The van der Waals surface area contributed by atoms with Crippen LogP contribution in [0.15, 0.2) is 0 Å². The fourth-order valence-electron chi connectivity index (χ4n) is 6.21. The number of piperidine rings is 1. The fraction of sp³-hybridized carbons (Fsp3) is 0.950. The standard InChI is InChI=1S/C20H34N2O3.ClH/c1-2-25-17-12-16(23)20(17)6-8-22(9-7-20)19(24)15-10-13-4-3-5-14(11-15)18(13)21;/h13-18,23H,2-12,21H2,1H3;1H. The summed E-state index contributed by atoms with van der Waals surface area (Å²) in [5.41, 5.74) is 6.28. The minimum Gasteiger partial charge on any atom is -0.392 e. The van der Waals surface area contributed by atoms with E-state index in [1.807, 2.05) is 6.92 Å².